The second kappa shape index (κ2) is 13.4. The van der Waals surface area contributed by atoms with E-state index in [1.165, 1.54) is 44.5 Å². The Morgan fingerprint density at radius 3 is 2.42 bits per heavy atom. The molecule has 2 aromatic rings. The van der Waals surface area contributed by atoms with Crippen LogP contribution in [0.1, 0.15) is 51.5 Å². The highest BCUT2D eigenvalue weighted by molar-refractivity contribution is 5.99. The molecule has 36 heavy (non-hydrogen) atoms. The van der Waals surface area contributed by atoms with Gasteiger partial charge in [-0.15, -0.1) is 0 Å². The third-order valence-corrected chi connectivity index (χ3v) is 5.20. The summed E-state index contributed by atoms with van der Waals surface area (Å²) in [6, 6.07) is 7.19. The molecule has 1 aromatic heterocycles. The quantitative estimate of drug-likeness (QED) is 0.223. The number of halogens is 1. The van der Waals surface area contributed by atoms with Crippen LogP contribution in [0, 0.1) is 17.7 Å². The number of hydrogen-bond acceptors (Lipinski definition) is 9. The van der Waals surface area contributed by atoms with E-state index in [9.17, 15) is 18.8 Å². The van der Waals surface area contributed by atoms with Gasteiger partial charge < -0.3 is 23.7 Å². The Morgan fingerprint density at radius 2 is 1.81 bits per heavy atom. The molecule has 0 amide bonds. The summed E-state index contributed by atoms with van der Waals surface area (Å²) in [7, 11) is 1.39. The molecule has 0 radical (unpaired) electrons. The van der Waals surface area contributed by atoms with Crippen molar-refractivity contribution in [3.63, 3.8) is 0 Å². The Kier molecular flexibility index (Phi) is 10.6. The molecule has 0 spiro atoms. The average Bonchev–Trinajstić information content (AvgIpc) is 2.81. The Bertz CT molecular complexity index is 1060. The normalized spacial score (nSPS) is 13.3. The maximum atomic E-state index is 13.5. The molecule has 0 fully saturated rings. The molecule has 0 aliphatic carbocycles. The standard InChI is InChI=1S/C26H32FNO8/c1-15(2)24(17(4)35-20-9-7-8-19(27)13-20)36-26(31)16(3)12-21(30)23-25(34-14-33-18(5)29)22(32-6)10-11-28-23/h7-11,13,15-17,24H,12,14H2,1-6H3/t16-,17+,24-/m1/s1. The van der Waals surface area contributed by atoms with Gasteiger partial charge in [-0.2, -0.15) is 0 Å². The molecule has 2 rings (SSSR count). The second-order valence-electron chi connectivity index (χ2n) is 8.54. The number of nitrogens with zero attached hydrogens (tertiary/aromatic N) is 1. The van der Waals surface area contributed by atoms with Gasteiger partial charge in [-0.25, -0.2) is 9.37 Å². The fourth-order valence-electron chi connectivity index (χ4n) is 3.41. The lowest BCUT2D eigenvalue weighted by Gasteiger charge is -2.29. The molecular formula is C26H32FNO8. The Hall–Kier alpha value is -3.69. The van der Waals surface area contributed by atoms with Crippen molar-refractivity contribution >= 4 is 17.7 Å². The fourth-order valence-corrected chi connectivity index (χ4v) is 3.41. The number of ether oxygens (including phenoxy) is 5. The molecular weight excluding hydrogens is 473 g/mol. The van der Waals surface area contributed by atoms with Crippen molar-refractivity contribution < 1.29 is 42.5 Å². The molecule has 10 heteroatoms. The summed E-state index contributed by atoms with van der Waals surface area (Å²) in [5, 5.41) is 0. The highest BCUT2D eigenvalue weighted by atomic mass is 19.1. The first-order valence-electron chi connectivity index (χ1n) is 11.5. The lowest BCUT2D eigenvalue weighted by Crippen LogP contribution is -2.39. The maximum Gasteiger partial charge on any atom is 0.309 e. The van der Waals surface area contributed by atoms with Gasteiger partial charge in [0.2, 0.25) is 6.79 Å². The maximum absolute atomic E-state index is 13.5. The molecule has 0 aliphatic rings. The van der Waals surface area contributed by atoms with Gasteiger partial charge in [0.05, 0.1) is 13.0 Å². The first-order chi connectivity index (χ1) is 17.0. The second-order valence-corrected chi connectivity index (χ2v) is 8.54. The number of hydrogen-bond donors (Lipinski definition) is 0. The van der Waals surface area contributed by atoms with Crippen LogP contribution in [0.15, 0.2) is 36.5 Å². The van der Waals surface area contributed by atoms with Crippen LogP contribution >= 0.6 is 0 Å². The average molecular weight is 506 g/mol. The SMILES string of the molecule is COc1ccnc(C(=O)C[C@@H](C)C(=O)O[C@H](C(C)C)[C@H](C)Oc2cccc(F)c2)c1OCOC(C)=O. The highest BCUT2D eigenvalue weighted by Crippen LogP contribution is 2.31. The summed E-state index contributed by atoms with van der Waals surface area (Å²) in [6.07, 6.45) is -0.0585. The Labute approximate surface area is 209 Å². The van der Waals surface area contributed by atoms with Gasteiger partial charge in [-0.3, -0.25) is 14.4 Å². The molecule has 1 aromatic carbocycles. The van der Waals surface area contributed by atoms with Gasteiger partial charge >= 0.3 is 11.9 Å². The smallest absolute Gasteiger partial charge is 0.309 e. The van der Waals surface area contributed by atoms with Gasteiger partial charge in [-0.1, -0.05) is 26.8 Å². The minimum Gasteiger partial charge on any atom is -0.493 e. The lowest BCUT2D eigenvalue weighted by molar-refractivity contribution is -0.161. The number of aromatic nitrogens is 1. The topological polar surface area (TPSA) is 110 Å². The molecule has 9 nitrogen and oxygen atoms in total. The number of Topliss-reactive ketones (excluding diaryl/α,β-unsaturated/α-hetero) is 1. The predicted octanol–water partition coefficient (Wildman–Crippen LogP) is 4.37. The minimum absolute atomic E-state index is 0.00369. The van der Waals surface area contributed by atoms with Gasteiger partial charge in [0.15, 0.2) is 23.0 Å². The number of methoxy groups -OCH3 is 1. The van der Waals surface area contributed by atoms with E-state index >= 15 is 0 Å². The van der Waals surface area contributed by atoms with Crippen LogP contribution < -0.4 is 14.2 Å². The molecule has 196 valence electrons. The summed E-state index contributed by atoms with van der Waals surface area (Å²) < 4.78 is 40.4. The Morgan fingerprint density at radius 1 is 1.08 bits per heavy atom. The number of rotatable bonds is 13. The van der Waals surface area contributed by atoms with Crippen LogP contribution in [0.4, 0.5) is 4.39 Å². The van der Waals surface area contributed by atoms with Crippen molar-refractivity contribution in [2.24, 2.45) is 11.8 Å². The molecule has 0 saturated carbocycles. The largest absolute Gasteiger partial charge is 0.493 e. The summed E-state index contributed by atoms with van der Waals surface area (Å²) in [5.41, 5.74) is -0.0654. The van der Waals surface area contributed by atoms with Crippen LogP contribution in [0.25, 0.3) is 0 Å². The van der Waals surface area contributed by atoms with Crippen LogP contribution in [-0.4, -0.2) is 48.8 Å². The number of ketones is 1. The van der Waals surface area contributed by atoms with E-state index in [0.717, 1.165) is 0 Å². The predicted molar refractivity (Wildman–Crippen MR) is 127 cm³/mol. The molecule has 0 saturated heterocycles. The van der Waals surface area contributed by atoms with Crippen LogP contribution in [0.2, 0.25) is 0 Å². The third-order valence-electron chi connectivity index (χ3n) is 5.20. The molecule has 3 atom stereocenters. The van der Waals surface area contributed by atoms with Crippen molar-refractivity contribution in [2.45, 2.75) is 53.2 Å². The van der Waals surface area contributed by atoms with E-state index in [1.807, 2.05) is 13.8 Å². The van der Waals surface area contributed by atoms with Gasteiger partial charge in [0.1, 0.15) is 23.8 Å². The van der Waals surface area contributed by atoms with Gasteiger partial charge in [0.25, 0.3) is 0 Å². The van der Waals surface area contributed by atoms with E-state index in [-0.39, 0.29) is 29.5 Å². The monoisotopic (exact) mass is 505 g/mol. The van der Waals surface area contributed by atoms with Crippen molar-refractivity contribution in [1.29, 1.82) is 0 Å². The van der Waals surface area contributed by atoms with E-state index in [0.29, 0.717) is 5.75 Å². The first-order valence-corrected chi connectivity index (χ1v) is 11.5. The zero-order valence-corrected chi connectivity index (χ0v) is 21.3. The van der Waals surface area contributed by atoms with E-state index in [2.05, 4.69) is 4.98 Å². The zero-order valence-electron chi connectivity index (χ0n) is 21.3. The zero-order chi connectivity index (χ0) is 26.8. The van der Waals surface area contributed by atoms with Gasteiger partial charge in [0, 0.05) is 31.7 Å². The number of pyridine rings is 1. The van der Waals surface area contributed by atoms with E-state index in [1.54, 1.807) is 19.9 Å². The summed E-state index contributed by atoms with van der Waals surface area (Å²) in [5.74, 6) is -2.45. The third kappa shape index (κ3) is 8.21. The lowest BCUT2D eigenvalue weighted by atomic mass is 10.00. The molecule has 1 heterocycles. The van der Waals surface area contributed by atoms with Crippen molar-refractivity contribution in [3.05, 3.63) is 48.0 Å². The number of esters is 2. The summed E-state index contributed by atoms with van der Waals surface area (Å²) in [4.78, 5) is 41.0. The highest BCUT2D eigenvalue weighted by Gasteiger charge is 2.31. The molecule has 0 N–H and O–H groups in total. The molecule has 0 aliphatic heterocycles. The van der Waals surface area contributed by atoms with Crippen molar-refractivity contribution in [3.8, 4) is 17.2 Å². The van der Waals surface area contributed by atoms with Crippen LogP contribution in [0.5, 0.6) is 17.2 Å². The van der Waals surface area contributed by atoms with E-state index in [4.69, 9.17) is 23.7 Å². The molecule has 0 bridgehead atoms. The fraction of sp³-hybridized carbons (Fsp3) is 0.462. The number of carbonyl (C=O) groups is 3. The summed E-state index contributed by atoms with van der Waals surface area (Å²) in [6.45, 7) is 7.81. The Balaban J connectivity index is 2.09. The van der Waals surface area contributed by atoms with E-state index < -0.39 is 48.5 Å². The van der Waals surface area contributed by atoms with Gasteiger partial charge in [-0.05, 0) is 25.0 Å². The van der Waals surface area contributed by atoms with Crippen LogP contribution in [-0.2, 0) is 19.1 Å². The van der Waals surface area contributed by atoms with Crippen molar-refractivity contribution in [2.75, 3.05) is 13.9 Å². The number of benzene rings is 1. The first kappa shape index (κ1) is 28.5. The minimum atomic E-state index is -0.811. The number of carbonyl (C=O) groups excluding carboxylic acids is 3. The summed E-state index contributed by atoms with van der Waals surface area (Å²) >= 11 is 0. The van der Waals surface area contributed by atoms with Crippen molar-refractivity contribution in [1.82, 2.24) is 4.98 Å². The molecule has 0 unspecified atom stereocenters. The van der Waals surface area contributed by atoms with Crippen LogP contribution in [0.3, 0.4) is 0 Å².